The first kappa shape index (κ1) is 9.09. The monoisotopic (exact) mass is 190 g/mol. The van der Waals surface area contributed by atoms with Crippen molar-refractivity contribution in [2.75, 3.05) is 7.05 Å². The van der Waals surface area contributed by atoms with E-state index in [2.05, 4.69) is 23.3 Å². The fraction of sp³-hybridized carbons (Fsp3) is 0.273. The predicted molar refractivity (Wildman–Crippen MR) is 57.4 cm³/mol. The molecule has 3 nitrogen and oxygen atoms in total. The number of rotatable bonds is 2. The third-order valence-corrected chi connectivity index (χ3v) is 2.55. The zero-order valence-corrected chi connectivity index (χ0v) is 8.33. The van der Waals surface area contributed by atoms with Gasteiger partial charge in [-0.25, -0.2) is 0 Å². The Morgan fingerprint density at radius 1 is 1.43 bits per heavy atom. The second-order valence-corrected chi connectivity index (χ2v) is 3.48. The number of para-hydroxylation sites is 1. The molecule has 1 unspecified atom stereocenters. The minimum absolute atomic E-state index is 0.266. The van der Waals surface area contributed by atoms with E-state index in [1.807, 2.05) is 19.2 Å². The van der Waals surface area contributed by atoms with Gasteiger partial charge in [0.2, 0.25) is 0 Å². The summed E-state index contributed by atoms with van der Waals surface area (Å²) < 4.78 is 0. The molecule has 14 heavy (non-hydrogen) atoms. The standard InChI is InChI=1S/C11H14N2O/c1-7(12-2)9-6-8-4-3-5-10(14)11(8)13-9/h3-7,12-14H,1-2H3. The van der Waals surface area contributed by atoms with Crippen molar-refractivity contribution in [2.45, 2.75) is 13.0 Å². The van der Waals surface area contributed by atoms with Crippen LogP contribution in [0.5, 0.6) is 5.75 Å². The molecule has 2 rings (SSSR count). The maximum absolute atomic E-state index is 9.59. The molecule has 1 heterocycles. The molecule has 3 N–H and O–H groups in total. The van der Waals surface area contributed by atoms with E-state index in [4.69, 9.17) is 0 Å². The molecule has 1 atom stereocenters. The van der Waals surface area contributed by atoms with Gasteiger partial charge in [0.25, 0.3) is 0 Å². The van der Waals surface area contributed by atoms with Crippen LogP contribution in [-0.2, 0) is 0 Å². The van der Waals surface area contributed by atoms with Crippen molar-refractivity contribution in [3.8, 4) is 5.75 Å². The second kappa shape index (κ2) is 3.35. The normalized spacial score (nSPS) is 13.3. The summed E-state index contributed by atoms with van der Waals surface area (Å²) >= 11 is 0. The zero-order chi connectivity index (χ0) is 10.1. The summed E-state index contributed by atoms with van der Waals surface area (Å²) in [4.78, 5) is 3.20. The van der Waals surface area contributed by atoms with E-state index >= 15 is 0 Å². The number of aromatic nitrogens is 1. The van der Waals surface area contributed by atoms with Crippen LogP contribution in [0.4, 0.5) is 0 Å². The van der Waals surface area contributed by atoms with Crippen molar-refractivity contribution in [2.24, 2.45) is 0 Å². The number of H-pyrrole nitrogens is 1. The first-order valence-corrected chi connectivity index (χ1v) is 4.70. The van der Waals surface area contributed by atoms with Gasteiger partial charge in [0, 0.05) is 17.1 Å². The fourth-order valence-corrected chi connectivity index (χ4v) is 1.55. The van der Waals surface area contributed by atoms with Crippen molar-refractivity contribution < 1.29 is 5.11 Å². The summed E-state index contributed by atoms with van der Waals surface area (Å²) in [7, 11) is 1.91. The molecule has 0 aliphatic rings. The molecule has 0 fully saturated rings. The third-order valence-electron chi connectivity index (χ3n) is 2.55. The van der Waals surface area contributed by atoms with Gasteiger partial charge in [-0.1, -0.05) is 12.1 Å². The lowest BCUT2D eigenvalue weighted by atomic mass is 10.2. The largest absolute Gasteiger partial charge is 0.506 e. The summed E-state index contributed by atoms with van der Waals surface area (Å²) in [6.07, 6.45) is 0. The average molecular weight is 190 g/mol. The quantitative estimate of drug-likeness (QED) is 0.679. The smallest absolute Gasteiger partial charge is 0.139 e. The number of nitrogens with one attached hydrogen (secondary N) is 2. The highest BCUT2D eigenvalue weighted by molar-refractivity contribution is 5.85. The van der Waals surface area contributed by atoms with Crippen LogP contribution in [0.3, 0.4) is 0 Å². The van der Waals surface area contributed by atoms with Crippen LogP contribution in [-0.4, -0.2) is 17.1 Å². The van der Waals surface area contributed by atoms with Crippen molar-refractivity contribution in [1.82, 2.24) is 10.3 Å². The number of aromatic hydroxyl groups is 1. The van der Waals surface area contributed by atoms with Gasteiger partial charge in [0.1, 0.15) is 5.75 Å². The van der Waals surface area contributed by atoms with E-state index in [0.717, 1.165) is 16.6 Å². The van der Waals surface area contributed by atoms with Crippen LogP contribution >= 0.6 is 0 Å². The van der Waals surface area contributed by atoms with Crippen molar-refractivity contribution >= 4 is 10.9 Å². The van der Waals surface area contributed by atoms with Crippen LogP contribution in [0.1, 0.15) is 18.7 Å². The minimum atomic E-state index is 0.266. The molecule has 3 heteroatoms. The summed E-state index contributed by atoms with van der Waals surface area (Å²) in [5.41, 5.74) is 1.90. The van der Waals surface area contributed by atoms with E-state index in [9.17, 15) is 5.11 Å². The number of hydrogen-bond acceptors (Lipinski definition) is 2. The highest BCUT2D eigenvalue weighted by Crippen LogP contribution is 2.26. The number of hydrogen-bond donors (Lipinski definition) is 3. The highest BCUT2D eigenvalue weighted by Gasteiger charge is 2.08. The molecule has 0 radical (unpaired) electrons. The summed E-state index contributed by atoms with van der Waals surface area (Å²) in [5.74, 6) is 0.303. The molecule has 0 bridgehead atoms. The molecule has 1 aromatic heterocycles. The minimum Gasteiger partial charge on any atom is -0.506 e. The number of benzene rings is 1. The zero-order valence-electron chi connectivity index (χ0n) is 8.33. The number of phenolic OH excluding ortho intramolecular Hbond substituents is 1. The highest BCUT2D eigenvalue weighted by atomic mass is 16.3. The Morgan fingerprint density at radius 3 is 2.86 bits per heavy atom. The summed E-state index contributed by atoms with van der Waals surface area (Å²) in [6.45, 7) is 2.07. The molecule has 0 saturated carbocycles. The SMILES string of the molecule is CNC(C)c1cc2cccc(O)c2[nH]1. The van der Waals surface area contributed by atoms with Gasteiger partial charge >= 0.3 is 0 Å². The van der Waals surface area contributed by atoms with E-state index in [1.54, 1.807) is 6.07 Å². The number of phenols is 1. The number of aromatic amines is 1. The molecule has 0 aliphatic carbocycles. The van der Waals surface area contributed by atoms with E-state index in [-0.39, 0.29) is 6.04 Å². The molecule has 74 valence electrons. The van der Waals surface area contributed by atoms with Crippen molar-refractivity contribution in [3.05, 3.63) is 30.0 Å². The van der Waals surface area contributed by atoms with Gasteiger partial charge in [0.05, 0.1) is 5.52 Å². The third kappa shape index (κ3) is 1.36. The van der Waals surface area contributed by atoms with Crippen LogP contribution in [0.15, 0.2) is 24.3 Å². The van der Waals surface area contributed by atoms with Crippen LogP contribution in [0, 0.1) is 0 Å². The first-order valence-electron chi connectivity index (χ1n) is 4.70. The molecule has 1 aromatic carbocycles. The second-order valence-electron chi connectivity index (χ2n) is 3.48. The van der Waals surface area contributed by atoms with Gasteiger partial charge in [0.15, 0.2) is 0 Å². The summed E-state index contributed by atoms with van der Waals surface area (Å²) in [5, 5.41) is 13.8. The van der Waals surface area contributed by atoms with Gasteiger partial charge < -0.3 is 15.4 Å². The van der Waals surface area contributed by atoms with Gasteiger partial charge in [-0.15, -0.1) is 0 Å². The Kier molecular flexibility index (Phi) is 2.17. The Hall–Kier alpha value is -1.48. The lowest BCUT2D eigenvalue weighted by molar-refractivity contribution is 0.480. The average Bonchev–Trinajstić information content (AvgIpc) is 2.62. The Bertz CT molecular complexity index is 447. The molecular weight excluding hydrogens is 176 g/mol. The van der Waals surface area contributed by atoms with Crippen LogP contribution in [0.2, 0.25) is 0 Å². The van der Waals surface area contributed by atoms with Gasteiger partial charge in [-0.3, -0.25) is 0 Å². The van der Waals surface area contributed by atoms with Crippen LogP contribution in [0.25, 0.3) is 10.9 Å². The Labute approximate surface area is 82.8 Å². The molecular formula is C11H14N2O. The molecule has 2 aromatic rings. The molecule has 0 amide bonds. The summed E-state index contributed by atoms with van der Waals surface area (Å²) in [6, 6.07) is 7.83. The molecule has 0 aliphatic heterocycles. The maximum Gasteiger partial charge on any atom is 0.139 e. The Morgan fingerprint density at radius 2 is 2.21 bits per heavy atom. The molecule has 0 spiro atoms. The lowest BCUT2D eigenvalue weighted by Gasteiger charge is -2.06. The Balaban J connectivity index is 2.56. The topological polar surface area (TPSA) is 48.0 Å². The maximum atomic E-state index is 9.59. The van der Waals surface area contributed by atoms with E-state index in [1.165, 1.54) is 0 Å². The lowest BCUT2D eigenvalue weighted by Crippen LogP contribution is -2.12. The number of fused-ring (bicyclic) bond motifs is 1. The molecule has 0 saturated heterocycles. The van der Waals surface area contributed by atoms with Crippen molar-refractivity contribution in [1.29, 1.82) is 0 Å². The van der Waals surface area contributed by atoms with Crippen molar-refractivity contribution in [3.63, 3.8) is 0 Å². The van der Waals surface area contributed by atoms with Gasteiger partial charge in [-0.05, 0) is 26.1 Å². The van der Waals surface area contributed by atoms with Crippen LogP contribution < -0.4 is 5.32 Å². The fourth-order valence-electron chi connectivity index (χ4n) is 1.55. The first-order chi connectivity index (χ1) is 6.72. The van der Waals surface area contributed by atoms with E-state index in [0.29, 0.717) is 5.75 Å². The van der Waals surface area contributed by atoms with Gasteiger partial charge in [-0.2, -0.15) is 0 Å². The predicted octanol–water partition coefficient (Wildman–Crippen LogP) is 2.15. The van der Waals surface area contributed by atoms with E-state index < -0.39 is 0 Å².